The predicted molar refractivity (Wildman–Crippen MR) is 95.6 cm³/mol. The maximum Gasteiger partial charge on any atom is 0.100 e. The van der Waals surface area contributed by atoms with Crippen molar-refractivity contribution in [1.82, 2.24) is 0 Å². The summed E-state index contributed by atoms with van der Waals surface area (Å²) in [6.45, 7) is 12.0. The normalized spacial score (nSPS) is 15.7. The lowest BCUT2D eigenvalue weighted by Crippen LogP contribution is -2.39. The van der Waals surface area contributed by atoms with Gasteiger partial charge in [0, 0.05) is 0 Å². The Bertz CT molecular complexity index is 223. The second-order valence-corrected chi connectivity index (χ2v) is 7.70. The van der Waals surface area contributed by atoms with Crippen LogP contribution < -0.4 is 0 Å². The van der Waals surface area contributed by atoms with E-state index >= 15 is 0 Å². The maximum atomic E-state index is 2.56. The van der Waals surface area contributed by atoms with E-state index in [4.69, 9.17) is 0 Å². The molecule has 0 nitrogen and oxygen atoms in total. The van der Waals surface area contributed by atoms with Crippen molar-refractivity contribution in [2.24, 2.45) is 11.3 Å². The first-order chi connectivity index (χ1) is 8.81. The van der Waals surface area contributed by atoms with Crippen LogP contribution in [0.3, 0.4) is 0 Å². The van der Waals surface area contributed by atoms with Crippen LogP contribution >= 0.6 is 0 Å². The molecule has 19 heavy (non-hydrogen) atoms. The maximum absolute atomic E-state index is 2.56. The zero-order chi connectivity index (χ0) is 14.9. The summed E-state index contributed by atoms with van der Waals surface area (Å²) in [4.78, 5) is 0. The zero-order valence-electron chi connectivity index (χ0n) is 14.9. The highest BCUT2D eigenvalue weighted by atomic mass is 14.4. The summed E-state index contributed by atoms with van der Waals surface area (Å²) >= 11 is 0. The average molecular weight is 264 g/mol. The van der Waals surface area contributed by atoms with Crippen molar-refractivity contribution < 1.29 is 0 Å². The van der Waals surface area contributed by atoms with Crippen LogP contribution in [0.5, 0.6) is 0 Å². The Morgan fingerprint density at radius 3 is 1.63 bits per heavy atom. The Hall–Kier alpha value is 0.130. The topological polar surface area (TPSA) is 0 Å². The zero-order valence-corrected chi connectivity index (χ0v) is 14.9. The van der Waals surface area contributed by atoms with Gasteiger partial charge >= 0.3 is 0 Å². The van der Waals surface area contributed by atoms with E-state index in [1.165, 1.54) is 57.8 Å². The molecule has 0 bridgehead atoms. The highest BCUT2D eigenvalue weighted by Crippen LogP contribution is 2.52. The van der Waals surface area contributed by atoms with Gasteiger partial charge in [0.25, 0.3) is 0 Å². The molecule has 112 valence electrons. The summed E-state index contributed by atoms with van der Waals surface area (Å²) in [6.07, 6.45) is 12.6. The van der Waals surface area contributed by atoms with E-state index in [1.54, 1.807) is 0 Å². The third-order valence-electron chi connectivity index (χ3n) is 5.91. The highest BCUT2D eigenvalue weighted by Gasteiger charge is 2.41. The van der Waals surface area contributed by atoms with Gasteiger partial charge in [0.05, 0.1) is 0 Å². The van der Waals surface area contributed by atoms with E-state index in [9.17, 15) is 0 Å². The van der Waals surface area contributed by atoms with Crippen LogP contribution in [0.1, 0.15) is 92.4 Å². The van der Waals surface area contributed by atoms with Crippen molar-refractivity contribution in [2.45, 2.75) is 97.6 Å². The van der Waals surface area contributed by atoms with Crippen molar-refractivity contribution in [2.75, 3.05) is 0 Å². The molecular weight excluding hydrogens is 226 g/mol. The molecule has 0 radical (unpaired) electrons. The van der Waals surface area contributed by atoms with Gasteiger partial charge in [-0.2, -0.15) is 0 Å². The van der Waals surface area contributed by atoms with Gasteiger partial charge in [0.1, 0.15) is 15.7 Å². The van der Waals surface area contributed by atoms with Gasteiger partial charge in [-0.3, -0.25) is 0 Å². The van der Waals surface area contributed by atoms with Gasteiger partial charge < -0.3 is 0 Å². The van der Waals surface area contributed by atoms with Crippen LogP contribution in [0.15, 0.2) is 0 Å². The first kappa shape index (κ1) is 19.1. The lowest BCUT2D eigenvalue weighted by molar-refractivity contribution is 0.177. The second kappa shape index (κ2) is 9.14. The number of hydrogen-bond acceptors (Lipinski definition) is 0. The Balaban J connectivity index is 4.61. The van der Waals surface area contributed by atoms with Crippen molar-refractivity contribution in [3.8, 4) is 0 Å². The molecule has 0 aromatic carbocycles. The Morgan fingerprint density at radius 1 is 0.789 bits per heavy atom. The molecule has 0 N–H and O–H groups in total. The van der Waals surface area contributed by atoms with Crippen molar-refractivity contribution in [3.63, 3.8) is 0 Å². The summed E-state index contributed by atoms with van der Waals surface area (Å²) in [6, 6.07) is 0. The quantitative estimate of drug-likeness (QED) is 0.378. The fourth-order valence-electron chi connectivity index (χ4n) is 3.17. The molecule has 1 unspecified atom stereocenters. The van der Waals surface area contributed by atoms with E-state index < -0.39 is 0 Å². The molecule has 0 heterocycles. The number of unbranched alkanes of at least 4 members (excludes halogenated alkanes) is 5. The molecule has 0 aromatic rings. The predicted octanol–water partition coefficient (Wildman–Crippen LogP) is 4.58. The summed E-state index contributed by atoms with van der Waals surface area (Å²) in [5.41, 5.74) is 0.518. The molecule has 0 fully saturated rings. The first-order valence-electron chi connectivity index (χ1n) is 8.81. The van der Waals surface area contributed by atoms with Gasteiger partial charge in [-0.15, -0.1) is 0 Å². The van der Waals surface area contributed by atoms with E-state index in [2.05, 4.69) is 50.3 Å². The molecule has 0 aliphatic rings. The fourth-order valence-corrected chi connectivity index (χ4v) is 3.17. The molecule has 0 saturated carbocycles. The van der Waals surface area contributed by atoms with Gasteiger partial charge in [0.2, 0.25) is 0 Å². The average Bonchev–Trinajstić information content (AvgIpc) is 2.34. The molecule has 0 amide bonds. The second-order valence-electron chi connectivity index (χ2n) is 7.70. The van der Waals surface area contributed by atoms with Crippen LogP contribution in [-0.2, 0) is 0 Å². The van der Waals surface area contributed by atoms with Gasteiger partial charge in [-0.1, -0.05) is 90.7 Å². The molecule has 0 aliphatic heterocycles. The first-order valence-corrected chi connectivity index (χ1v) is 8.81. The largest absolute Gasteiger partial charge is 0.100 e. The summed E-state index contributed by atoms with van der Waals surface area (Å²) < 4.78 is 0. The number of rotatable bonds is 11. The van der Waals surface area contributed by atoms with Crippen molar-refractivity contribution in [1.29, 1.82) is 0 Å². The summed E-state index contributed by atoms with van der Waals surface area (Å²) in [7, 11) is 5.01. The third kappa shape index (κ3) is 5.96. The van der Waals surface area contributed by atoms with E-state index in [1.807, 2.05) is 0 Å². The molecule has 0 aliphatic carbocycles. The smallest absolute Gasteiger partial charge is 0.0771 e. The van der Waals surface area contributed by atoms with Crippen molar-refractivity contribution >= 4 is 15.7 Å². The summed E-state index contributed by atoms with van der Waals surface area (Å²) in [5, 5.41) is 0.451. The van der Waals surface area contributed by atoms with Crippen LogP contribution in [0, 0.1) is 11.3 Å². The molecule has 0 spiro atoms. The Labute approximate surface area is 125 Å². The molecule has 1 atom stereocenters. The summed E-state index contributed by atoms with van der Waals surface area (Å²) in [5.74, 6) is 0.769. The van der Waals surface area contributed by atoms with Crippen molar-refractivity contribution in [3.05, 3.63) is 0 Å². The van der Waals surface area contributed by atoms with Gasteiger partial charge in [-0.05, 0) is 18.3 Å². The fraction of sp³-hybridized carbons (Fsp3) is 1.00. The van der Waals surface area contributed by atoms with Crippen LogP contribution in [0.4, 0.5) is 0 Å². The van der Waals surface area contributed by atoms with Crippen LogP contribution in [0.25, 0.3) is 0 Å². The standard InChI is InChI=1S/C17H38B2/c1-6-8-10-12-14-16(5,13-11-9-7-2)17(18,19)15(3)4/h15H,6-14,18-19H2,1-5H3. The van der Waals surface area contributed by atoms with Crippen LogP contribution in [-0.4, -0.2) is 15.7 Å². The minimum atomic E-state index is 0.451. The minimum absolute atomic E-state index is 0.451. The third-order valence-corrected chi connectivity index (χ3v) is 5.91. The monoisotopic (exact) mass is 264 g/mol. The van der Waals surface area contributed by atoms with Gasteiger partial charge in [-0.25, -0.2) is 0 Å². The Morgan fingerprint density at radius 2 is 1.21 bits per heavy atom. The van der Waals surface area contributed by atoms with E-state index in [0.717, 1.165) is 5.92 Å². The molecule has 0 aromatic heterocycles. The van der Waals surface area contributed by atoms with E-state index in [0.29, 0.717) is 10.6 Å². The lowest BCUT2D eigenvalue weighted by atomic mass is 9.37. The SMILES string of the molecule is BC(B)(C(C)C)C(C)(CCCCC)CCCCCC. The van der Waals surface area contributed by atoms with Crippen LogP contribution in [0.2, 0.25) is 5.21 Å². The molecule has 0 rings (SSSR count). The van der Waals surface area contributed by atoms with E-state index in [-0.39, 0.29) is 0 Å². The lowest BCUT2D eigenvalue weighted by Gasteiger charge is -2.48. The minimum Gasteiger partial charge on any atom is -0.0771 e. The number of hydrogen-bond donors (Lipinski definition) is 0. The molecule has 0 saturated heterocycles. The molecular formula is C17H38B2. The Kier molecular flexibility index (Phi) is 9.20. The highest BCUT2D eigenvalue weighted by molar-refractivity contribution is 6.40. The molecule has 2 heteroatoms. The van der Waals surface area contributed by atoms with Gasteiger partial charge in [0.15, 0.2) is 0 Å².